The molecular formula is C10H21NO. The lowest BCUT2D eigenvalue weighted by molar-refractivity contribution is -0.124. The van der Waals surface area contributed by atoms with Crippen molar-refractivity contribution in [3.63, 3.8) is 0 Å². The highest BCUT2D eigenvalue weighted by Gasteiger charge is 2.25. The molecule has 0 aromatic carbocycles. The third-order valence-electron chi connectivity index (χ3n) is 2.16. The van der Waals surface area contributed by atoms with Gasteiger partial charge in [0.1, 0.15) is 0 Å². The van der Waals surface area contributed by atoms with Gasteiger partial charge in [-0.25, -0.2) is 0 Å². The maximum atomic E-state index is 11.5. The third-order valence-corrected chi connectivity index (χ3v) is 2.16. The van der Waals surface area contributed by atoms with Crippen LogP contribution in [-0.4, -0.2) is 11.3 Å². The highest BCUT2D eigenvalue weighted by molar-refractivity contribution is 5.87. The van der Waals surface area contributed by atoms with Crippen LogP contribution in [0.25, 0.3) is 0 Å². The van der Waals surface area contributed by atoms with Crippen molar-refractivity contribution in [3.8, 4) is 0 Å². The van der Waals surface area contributed by atoms with Crippen LogP contribution in [0.2, 0.25) is 0 Å². The first-order valence-electron chi connectivity index (χ1n) is 4.86. The van der Waals surface area contributed by atoms with Gasteiger partial charge in [0.25, 0.3) is 0 Å². The van der Waals surface area contributed by atoms with Crippen molar-refractivity contribution in [1.82, 2.24) is 0 Å². The smallest absolute Gasteiger partial charge is 0.152 e. The molecule has 0 spiro atoms. The molecule has 0 aliphatic heterocycles. The SMILES string of the molecule is CCCCC(=O)C(C)(N)CCC. The van der Waals surface area contributed by atoms with E-state index in [2.05, 4.69) is 13.8 Å². The van der Waals surface area contributed by atoms with Crippen molar-refractivity contribution < 1.29 is 4.79 Å². The van der Waals surface area contributed by atoms with E-state index in [1.54, 1.807) is 0 Å². The number of carbonyl (C=O) groups is 1. The van der Waals surface area contributed by atoms with Crippen molar-refractivity contribution in [2.45, 2.75) is 58.4 Å². The quantitative estimate of drug-likeness (QED) is 0.666. The Balaban J connectivity index is 3.88. The van der Waals surface area contributed by atoms with Gasteiger partial charge in [-0.2, -0.15) is 0 Å². The Kier molecular flexibility index (Phi) is 5.14. The minimum absolute atomic E-state index is 0.214. The van der Waals surface area contributed by atoms with Crippen LogP contribution in [0, 0.1) is 0 Å². The Morgan fingerprint density at radius 1 is 1.33 bits per heavy atom. The minimum atomic E-state index is -0.579. The molecule has 2 heteroatoms. The first-order valence-corrected chi connectivity index (χ1v) is 4.86. The van der Waals surface area contributed by atoms with Gasteiger partial charge in [-0.05, 0) is 19.8 Å². The summed E-state index contributed by atoms with van der Waals surface area (Å²) in [5.74, 6) is 0.214. The zero-order valence-electron chi connectivity index (χ0n) is 8.52. The molecule has 0 aromatic heterocycles. The molecule has 0 rings (SSSR count). The summed E-state index contributed by atoms with van der Waals surface area (Å²) in [5.41, 5.74) is 5.28. The van der Waals surface area contributed by atoms with Crippen LogP contribution in [0.15, 0.2) is 0 Å². The Hall–Kier alpha value is -0.370. The summed E-state index contributed by atoms with van der Waals surface area (Å²) < 4.78 is 0. The predicted molar refractivity (Wildman–Crippen MR) is 52.0 cm³/mol. The summed E-state index contributed by atoms with van der Waals surface area (Å²) in [7, 11) is 0. The monoisotopic (exact) mass is 171 g/mol. The average Bonchev–Trinajstić information content (AvgIpc) is 2.00. The van der Waals surface area contributed by atoms with Crippen molar-refractivity contribution in [1.29, 1.82) is 0 Å². The molecule has 0 saturated carbocycles. The van der Waals surface area contributed by atoms with E-state index in [0.717, 1.165) is 25.7 Å². The molecule has 1 unspecified atom stereocenters. The van der Waals surface area contributed by atoms with Gasteiger partial charge in [0, 0.05) is 6.42 Å². The largest absolute Gasteiger partial charge is 0.319 e. The summed E-state index contributed by atoms with van der Waals surface area (Å²) in [4.78, 5) is 11.5. The van der Waals surface area contributed by atoms with Gasteiger partial charge in [-0.1, -0.05) is 26.7 Å². The average molecular weight is 171 g/mol. The van der Waals surface area contributed by atoms with Crippen LogP contribution in [-0.2, 0) is 4.79 Å². The molecule has 1 atom stereocenters. The summed E-state index contributed by atoms with van der Waals surface area (Å²) in [6, 6.07) is 0. The lowest BCUT2D eigenvalue weighted by Gasteiger charge is -2.21. The summed E-state index contributed by atoms with van der Waals surface area (Å²) in [6.45, 7) is 5.98. The van der Waals surface area contributed by atoms with E-state index in [9.17, 15) is 4.79 Å². The van der Waals surface area contributed by atoms with Gasteiger partial charge in [0.2, 0.25) is 0 Å². The van der Waals surface area contributed by atoms with Crippen LogP contribution in [0.5, 0.6) is 0 Å². The van der Waals surface area contributed by atoms with Crippen LogP contribution in [0.1, 0.15) is 52.9 Å². The van der Waals surface area contributed by atoms with Gasteiger partial charge in [0.15, 0.2) is 5.78 Å². The first kappa shape index (κ1) is 11.6. The summed E-state index contributed by atoms with van der Waals surface area (Å²) >= 11 is 0. The normalized spacial score (nSPS) is 15.7. The maximum Gasteiger partial charge on any atom is 0.152 e. The Bertz CT molecular complexity index is 141. The maximum absolute atomic E-state index is 11.5. The van der Waals surface area contributed by atoms with Crippen molar-refractivity contribution >= 4 is 5.78 Å². The van der Waals surface area contributed by atoms with E-state index in [4.69, 9.17) is 5.73 Å². The molecule has 0 bridgehead atoms. The number of rotatable bonds is 6. The fourth-order valence-corrected chi connectivity index (χ4v) is 1.28. The van der Waals surface area contributed by atoms with E-state index in [0.29, 0.717) is 6.42 Å². The highest BCUT2D eigenvalue weighted by Crippen LogP contribution is 2.13. The number of carbonyl (C=O) groups excluding carboxylic acids is 1. The molecule has 0 aliphatic carbocycles. The third kappa shape index (κ3) is 3.86. The fourth-order valence-electron chi connectivity index (χ4n) is 1.28. The zero-order chi connectivity index (χ0) is 9.61. The number of nitrogens with two attached hydrogens (primary N) is 1. The summed E-state index contributed by atoms with van der Waals surface area (Å²) in [5, 5.41) is 0. The second-order valence-corrected chi connectivity index (χ2v) is 3.69. The zero-order valence-corrected chi connectivity index (χ0v) is 8.52. The number of Topliss-reactive ketones (excluding diaryl/α,β-unsaturated/α-hetero) is 1. The Morgan fingerprint density at radius 2 is 1.92 bits per heavy atom. The van der Waals surface area contributed by atoms with E-state index in [1.807, 2.05) is 6.92 Å². The van der Waals surface area contributed by atoms with E-state index in [1.165, 1.54) is 0 Å². The molecule has 12 heavy (non-hydrogen) atoms. The molecular weight excluding hydrogens is 150 g/mol. The topological polar surface area (TPSA) is 43.1 Å². The molecule has 0 radical (unpaired) electrons. The van der Waals surface area contributed by atoms with E-state index >= 15 is 0 Å². The molecule has 0 saturated heterocycles. The minimum Gasteiger partial charge on any atom is -0.319 e. The van der Waals surface area contributed by atoms with Gasteiger partial charge in [-0.3, -0.25) is 4.79 Å². The van der Waals surface area contributed by atoms with Crippen LogP contribution in [0.4, 0.5) is 0 Å². The van der Waals surface area contributed by atoms with E-state index < -0.39 is 5.54 Å². The highest BCUT2D eigenvalue weighted by atomic mass is 16.1. The Labute approximate surface area is 75.5 Å². The Morgan fingerprint density at radius 3 is 2.33 bits per heavy atom. The lowest BCUT2D eigenvalue weighted by Crippen LogP contribution is -2.44. The van der Waals surface area contributed by atoms with Gasteiger partial charge < -0.3 is 5.73 Å². The van der Waals surface area contributed by atoms with Gasteiger partial charge in [-0.15, -0.1) is 0 Å². The van der Waals surface area contributed by atoms with Crippen LogP contribution >= 0.6 is 0 Å². The number of ketones is 1. The second-order valence-electron chi connectivity index (χ2n) is 3.69. The molecule has 0 aromatic rings. The second kappa shape index (κ2) is 5.31. The van der Waals surface area contributed by atoms with Gasteiger partial charge in [0.05, 0.1) is 5.54 Å². The summed E-state index contributed by atoms with van der Waals surface area (Å²) in [6.07, 6.45) is 4.45. The number of hydrogen-bond acceptors (Lipinski definition) is 2. The molecule has 0 heterocycles. The molecule has 72 valence electrons. The van der Waals surface area contributed by atoms with Crippen molar-refractivity contribution in [3.05, 3.63) is 0 Å². The van der Waals surface area contributed by atoms with E-state index in [-0.39, 0.29) is 5.78 Å². The molecule has 0 aliphatic rings. The molecule has 2 nitrogen and oxygen atoms in total. The predicted octanol–water partition coefficient (Wildman–Crippen LogP) is 2.26. The van der Waals surface area contributed by atoms with Gasteiger partial charge >= 0.3 is 0 Å². The molecule has 0 fully saturated rings. The molecule has 0 amide bonds. The standard InChI is InChI=1S/C10H21NO/c1-4-6-7-9(12)10(3,11)8-5-2/h4-8,11H2,1-3H3. The van der Waals surface area contributed by atoms with Crippen LogP contribution < -0.4 is 5.73 Å². The number of unbranched alkanes of at least 4 members (excludes halogenated alkanes) is 1. The lowest BCUT2D eigenvalue weighted by atomic mass is 9.89. The first-order chi connectivity index (χ1) is 5.54. The number of hydrogen-bond donors (Lipinski definition) is 1. The fraction of sp³-hybridized carbons (Fsp3) is 0.900. The molecule has 2 N–H and O–H groups in total. The van der Waals surface area contributed by atoms with Crippen molar-refractivity contribution in [2.24, 2.45) is 5.73 Å². The van der Waals surface area contributed by atoms with Crippen molar-refractivity contribution in [2.75, 3.05) is 0 Å². The van der Waals surface area contributed by atoms with Crippen LogP contribution in [0.3, 0.4) is 0 Å².